The average Bonchev–Trinajstić information content (AvgIpc) is 2.61. The second-order valence-corrected chi connectivity index (χ2v) is 6.18. The van der Waals surface area contributed by atoms with Crippen molar-refractivity contribution >= 4 is 11.9 Å². The van der Waals surface area contributed by atoms with Crippen LogP contribution in [0.3, 0.4) is 0 Å². The molecule has 0 amide bonds. The maximum Gasteiger partial charge on any atom is 0.305 e. The maximum absolute atomic E-state index is 14.1. The molecule has 1 aromatic carbocycles. The second kappa shape index (κ2) is 10.9. The summed E-state index contributed by atoms with van der Waals surface area (Å²) in [6, 6.07) is 2.63. The van der Waals surface area contributed by atoms with Gasteiger partial charge in [-0.1, -0.05) is 32.8 Å². The number of esters is 2. The van der Waals surface area contributed by atoms with Gasteiger partial charge in [0.15, 0.2) is 5.60 Å². The van der Waals surface area contributed by atoms with E-state index in [0.717, 1.165) is 25.0 Å². The van der Waals surface area contributed by atoms with E-state index in [1.54, 1.807) is 0 Å². The number of rotatable bonds is 11. The summed E-state index contributed by atoms with van der Waals surface area (Å²) in [5.74, 6) is -2.93. The lowest BCUT2D eigenvalue weighted by Crippen LogP contribution is -2.39. The number of unbranched alkanes of at least 4 members (excludes halogenated alkanes) is 2. The minimum Gasteiger partial charge on any atom is -0.462 e. The molecule has 0 radical (unpaired) electrons. The highest BCUT2D eigenvalue weighted by Gasteiger charge is 2.36. The quantitative estimate of drug-likeness (QED) is 0.601. The Morgan fingerprint density at radius 3 is 1.92 bits per heavy atom. The van der Waals surface area contributed by atoms with E-state index in [1.165, 1.54) is 0 Å². The Labute approximate surface area is 152 Å². The van der Waals surface area contributed by atoms with Crippen LogP contribution in [0.4, 0.5) is 8.78 Å². The maximum atomic E-state index is 14.1. The van der Waals surface area contributed by atoms with Gasteiger partial charge in [-0.05, 0) is 18.9 Å². The van der Waals surface area contributed by atoms with Crippen molar-refractivity contribution in [3.8, 4) is 0 Å². The average molecular weight is 372 g/mol. The van der Waals surface area contributed by atoms with Gasteiger partial charge >= 0.3 is 11.9 Å². The fourth-order valence-corrected chi connectivity index (χ4v) is 2.25. The number of carbonyl (C=O) groups excluding carboxylic acids is 2. The standard InChI is InChI=1S/C19H26F2O5/c1-3-5-7-17(22)25-12-19(24,13-26-18(23)8-6-4-2)15-10-9-14(20)11-16(15)21/h9-11,24H,3-8,12-13H2,1-2H3. The third-order valence-corrected chi connectivity index (χ3v) is 3.85. The molecule has 0 aliphatic rings. The number of ether oxygens (including phenoxy) is 2. The summed E-state index contributed by atoms with van der Waals surface area (Å²) in [5, 5.41) is 10.8. The van der Waals surface area contributed by atoms with E-state index in [0.29, 0.717) is 18.9 Å². The molecular formula is C19H26F2O5. The van der Waals surface area contributed by atoms with E-state index in [1.807, 2.05) is 13.8 Å². The smallest absolute Gasteiger partial charge is 0.305 e. The summed E-state index contributed by atoms with van der Waals surface area (Å²) < 4.78 is 37.3. The zero-order chi connectivity index (χ0) is 19.6. The number of benzene rings is 1. The van der Waals surface area contributed by atoms with E-state index in [4.69, 9.17) is 9.47 Å². The van der Waals surface area contributed by atoms with Crippen LogP contribution in [0.15, 0.2) is 18.2 Å². The molecule has 26 heavy (non-hydrogen) atoms. The summed E-state index contributed by atoms with van der Waals surface area (Å²) in [6.45, 7) is 2.62. The lowest BCUT2D eigenvalue weighted by molar-refractivity contribution is -0.164. The first-order valence-corrected chi connectivity index (χ1v) is 8.81. The third-order valence-electron chi connectivity index (χ3n) is 3.85. The molecule has 0 aliphatic heterocycles. The molecule has 1 rings (SSSR count). The number of hydrogen-bond donors (Lipinski definition) is 1. The van der Waals surface area contributed by atoms with E-state index < -0.39 is 42.4 Å². The highest BCUT2D eigenvalue weighted by Crippen LogP contribution is 2.26. The fourth-order valence-electron chi connectivity index (χ4n) is 2.25. The molecule has 7 heteroatoms. The Morgan fingerprint density at radius 1 is 1.00 bits per heavy atom. The highest BCUT2D eigenvalue weighted by molar-refractivity contribution is 5.70. The largest absolute Gasteiger partial charge is 0.462 e. The molecule has 0 spiro atoms. The lowest BCUT2D eigenvalue weighted by atomic mass is 9.95. The van der Waals surface area contributed by atoms with Gasteiger partial charge in [0, 0.05) is 24.5 Å². The number of carbonyl (C=O) groups is 2. The summed E-state index contributed by atoms with van der Waals surface area (Å²) in [7, 11) is 0. The molecule has 0 fully saturated rings. The molecule has 1 N–H and O–H groups in total. The molecule has 0 bridgehead atoms. The van der Waals surface area contributed by atoms with Crippen molar-refractivity contribution in [2.75, 3.05) is 13.2 Å². The fraction of sp³-hybridized carbons (Fsp3) is 0.579. The molecule has 1 aromatic rings. The van der Waals surface area contributed by atoms with Crippen LogP contribution in [0, 0.1) is 11.6 Å². The van der Waals surface area contributed by atoms with Gasteiger partial charge in [-0.3, -0.25) is 9.59 Å². The van der Waals surface area contributed by atoms with Crippen molar-refractivity contribution in [1.29, 1.82) is 0 Å². The first kappa shape index (κ1) is 22.0. The van der Waals surface area contributed by atoms with Gasteiger partial charge in [0.2, 0.25) is 0 Å². The van der Waals surface area contributed by atoms with E-state index >= 15 is 0 Å². The van der Waals surface area contributed by atoms with Crippen LogP contribution >= 0.6 is 0 Å². The van der Waals surface area contributed by atoms with Gasteiger partial charge in [0.1, 0.15) is 24.8 Å². The van der Waals surface area contributed by atoms with Crippen LogP contribution in [-0.4, -0.2) is 30.3 Å². The third kappa shape index (κ3) is 7.07. The molecule has 0 atom stereocenters. The van der Waals surface area contributed by atoms with Crippen molar-refractivity contribution in [1.82, 2.24) is 0 Å². The topological polar surface area (TPSA) is 72.8 Å². The zero-order valence-electron chi connectivity index (χ0n) is 15.2. The molecular weight excluding hydrogens is 346 g/mol. The minimum atomic E-state index is -2.10. The molecule has 0 saturated carbocycles. The van der Waals surface area contributed by atoms with Crippen molar-refractivity contribution in [2.45, 2.75) is 58.0 Å². The minimum absolute atomic E-state index is 0.161. The van der Waals surface area contributed by atoms with E-state index in [2.05, 4.69) is 0 Å². The predicted molar refractivity (Wildman–Crippen MR) is 91.2 cm³/mol. The van der Waals surface area contributed by atoms with E-state index in [-0.39, 0.29) is 18.4 Å². The van der Waals surface area contributed by atoms with Crippen LogP contribution in [0.2, 0.25) is 0 Å². The summed E-state index contributed by atoms with van der Waals surface area (Å²) in [6.07, 6.45) is 3.15. The van der Waals surface area contributed by atoms with E-state index in [9.17, 15) is 23.5 Å². The lowest BCUT2D eigenvalue weighted by Gasteiger charge is -2.28. The molecule has 0 aromatic heterocycles. The Hall–Kier alpha value is -2.02. The van der Waals surface area contributed by atoms with Gasteiger partial charge in [-0.2, -0.15) is 0 Å². The molecule has 0 aliphatic carbocycles. The summed E-state index contributed by atoms with van der Waals surface area (Å²) >= 11 is 0. The molecule has 0 heterocycles. The molecule has 0 saturated heterocycles. The van der Waals surface area contributed by atoms with Crippen molar-refractivity contribution in [3.05, 3.63) is 35.4 Å². The normalized spacial score (nSPS) is 11.3. The second-order valence-electron chi connectivity index (χ2n) is 6.18. The van der Waals surface area contributed by atoms with Crippen molar-refractivity contribution in [2.24, 2.45) is 0 Å². The SMILES string of the molecule is CCCCC(=O)OCC(O)(COC(=O)CCCC)c1ccc(F)cc1F. The Balaban J connectivity index is 2.89. The monoisotopic (exact) mass is 372 g/mol. The molecule has 146 valence electrons. The van der Waals surface area contributed by atoms with Gasteiger partial charge in [0.05, 0.1) is 0 Å². The first-order valence-electron chi connectivity index (χ1n) is 8.81. The van der Waals surface area contributed by atoms with Gasteiger partial charge in [-0.15, -0.1) is 0 Å². The number of hydrogen-bond acceptors (Lipinski definition) is 5. The zero-order valence-corrected chi connectivity index (χ0v) is 15.2. The van der Waals surface area contributed by atoms with Gasteiger partial charge in [0.25, 0.3) is 0 Å². The van der Waals surface area contributed by atoms with Crippen molar-refractivity contribution < 1.29 is 33.0 Å². The number of halogens is 2. The Morgan fingerprint density at radius 2 is 1.50 bits per heavy atom. The molecule has 5 nitrogen and oxygen atoms in total. The highest BCUT2D eigenvalue weighted by atomic mass is 19.1. The Kier molecular flexibility index (Phi) is 9.19. The van der Waals surface area contributed by atoms with Crippen LogP contribution in [0.25, 0.3) is 0 Å². The molecule has 0 unspecified atom stereocenters. The first-order chi connectivity index (χ1) is 12.3. The number of aliphatic hydroxyl groups is 1. The van der Waals surface area contributed by atoms with Crippen LogP contribution in [-0.2, 0) is 24.7 Å². The van der Waals surface area contributed by atoms with Gasteiger partial charge in [-0.25, -0.2) is 8.78 Å². The van der Waals surface area contributed by atoms with Crippen LogP contribution < -0.4 is 0 Å². The Bertz CT molecular complexity index is 580. The van der Waals surface area contributed by atoms with Crippen LogP contribution in [0.1, 0.15) is 57.9 Å². The van der Waals surface area contributed by atoms with Crippen molar-refractivity contribution in [3.63, 3.8) is 0 Å². The summed E-state index contributed by atoms with van der Waals surface area (Å²) in [5.41, 5.74) is -2.40. The van der Waals surface area contributed by atoms with Gasteiger partial charge < -0.3 is 14.6 Å². The summed E-state index contributed by atoms with van der Waals surface area (Å²) in [4.78, 5) is 23.4. The predicted octanol–water partition coefficient (Wildman–Crippen LogP) is 3.62. The van der Waals surface area contributed by atoms with Crippen LogP contribution in [0.5, 0.6) is 0 Å².